The topological polar surface area (TPSA) is 47.4 Å². The maximum Gasteiger partial charge on any atom is 0.352 e. The first kappa shape index (κ1) is 14.2. The van der Waals surface area contributed by atoms with E-state index in [2.05, 4.69) is 9.88 Å². The third-order valence-corrected chi connectivity index (χ3v) is 4.42. The van der Waals surface area contributed by atoms with Crippen LogP contribution in [0.25, 0.3) is 0 Å². The Kier molecular flexibility index (Phi) is 3.28. The van der Waals surface area contributed by atoms with Crippen molar-refractivity contribution in [3.8, 4) is 5.88 Å². The molecule has 2 aliphatic rings. The molecule has 0 aliphatic carbocycles. The molecule has 1 unspecified atom stereocenters. The Morgan fingerprint density at radius 3 is 3.00 bits per heavy atom. The van der Waals surface area contributed by atoms with Gasteiger partial charge in [0.05, 0.1) is 0 Å². The van der Waals surface area contributed by atoms with Crippen LogP contribution in [-0.4, -0.2) is 22.1 Å². The van der Waals surface area contributed by atoms with E-state index in [0.29, 0.717) is 12.6 Å². The van der Waals surface area contributed by atoms with E-state index in [9.17, 15) is 13.6 Å². The van der Waals surface area contributed by atoms with E-state index in [1.807, 2.05) is 0 Å². The third kappa shape index (κ3) is 2.46. The van der Waals surface area contributed by atoms with Gasteiger partial charge in [-0.15, -0.1) is 0 Å². The lowest BCUT2D eigenvalue weighted by Crippen LogP contribution is -2.24. The van der Waals surface area contributed by atoms with Gasteiger partial charge in [0, 0.05) is 36.8 Å². The Bertz CT molecular complexity index is 821. The number of halogens is 2. The summed E-state index contributed by atoms with van der Waals surface area (Å²) in [5.74, 6) is -0.345. The molecule has 1 aromatic heterocycles. The average molecular weight is 319 g/mol. The molecule has 1 atom stereocenters. The number of nitrogens with zero attached hydrogens (tertiary/aromatic N) is 3. The SMILES string of the molecule is O=c1nc(OCc2ccc(F)cc2F)cc2n1CC1CCCN21. The second-order valence-electron chi connectivity index (χ2n) is 5.86. The van der Waals surface area contributed by atoms with Gasteiger partial charge in [0.2, 0.25) is 5.88 Å². The molecule has 0 bridgehead atoms. The molecule has 4 rings (SSSR count). The highest BCUT2D eigenvalue weighted by Crippen LogP contribution is 2.32. The van der Waals surface area contributed by atoms with Crippen molar-refractivity contribution in [1.29, 1.82) is 0 Å². The van der Waals surface area contributed by atoms with E-state index in [4.69, 9.17) is 4.74 Å². The molecular weight excluding hydrogens is 304 g/mol. The molecular formula is C16H15F2N3O2. The van der Waals surface area contributed by atoms with E-state index >= 15 is 0 Å². The van der Waals surface area contributed by atoms with Crippen molar-refractivity contribution in [2.24, 2.45) is 0 Å². The van der Waals surface area contributed by atoms with Crippen LogP contribution < -0.4 is 15.3 Å². The zero-order valence-electron chi connectivity index (χ0n) is 12.3. The van der Waals surface area contributed by atoms with Crippen molar-refractivity contribution in [1.82, 2.24) is 9.55 Å². The molecule has 0 amide bonds. The van der Waals surface area contributed by atoms with E-state index in [1.165, 1.54) is 12.1 Å². The van der Waals surface area contributed by atoms with Crippen molar-refractivity contribution in [2.75, 3.05) is 11.4 Å². The molecule has 0 N–H and O–H groups in total. The van der Waals surface area contributed by atoms with Crippen LogP contribution in [0.3, 0.4) is 0 Å². The summed E-state index contributed by atoms with van der Waals surface area (Å²) in [5, 5.41) is 0. The monoisotopic (exact) mass is 319 g/mol. The Balaban J connectivity index is 1.57. The Labute approximate surface area is 131 Å². The van der Waals surface area contributed by atoms with Gasteiger partial charge in [-0.25, -0.2) is 13.6 Å². The van der Waals surface area contributed by atoms with Crippen LogP contribution in [0.1, 0.15) is 18.4 Å². The predicted molar refractivity (Wildman–Crippen MR) is 79.6 cm³/mol. The normalized spacial score (nSPS) is 18.9. The fourth-order valence-electron chi connectivity index (χ4n) is 3.29. The van der Waals surface area contributed by atoms with E-state index in [-0.39, 0.29) is 23.7 Å². The minimum atomic E-state index is -0.678. The Morgan fingerprint density at radius 1 is 1.30 bits per heavy atom. The van der Waals surface area contributed by atoms with Crippen LogP contribution in [0.15, 0.2) is 29.1 Å². The molecule has 1 saturated heterocycles. The van der Waals surface area contributed by atoms with Crippen molar-refractivity contribution >= 4 is 5.82 Å². The summed E-state index contributed by atoms with van der Waals surface area (Å²) in [5.41, 5.74) is -0.140. The molecule has 2 aliphatic heterocycles. The standard InChI is InChI=1S/C16H15F2N3O2/c17-11-4-3-10(13(18)6-11)9-23-14-7-15-20-5-1-2-12(20)8-21(15)16(22)19-14/h3-4,6-7,12H,1-2,5,8-9H2. The van der Waals surface area contributed by atoms with Gasteiger partial charge in [-0.05, 0) is 25.0 Å². The molecule has 1 fully saturated rings. The van der Waals surface area contributed by atoms with Crippen LogP contribution in [0.2, 0.25) is 0 Å². The number of hydrogen-bond acceptors (Lipinski definition) is 4. The Morgan fingerprint density at radius 2 is 2.17 bits per heavy atom. The smallest absolute Gasteiger partial charge is 0.352 e. The molecule has 120 valence electrons. The maximum atomic E-state index is 13.6. The molecule has 0 saturated carbocycles. The van der Waals surface area contributed by atoms with Gasteiger partial charge in [0.1, 0.15) is 24.1 Å². The van der Waals surface area contributed by atoms with Gasteiger partial charge in [-0.3, -0.25) is 4.57 Å². The summed E-state index contributed by atoms with van der Waals surface area (Å²) >= 11 is 0. The number of benzene rings is 1. The van der Waals surface area contributed by atoms with Crippen LogP contribution in [0, 0.1) is 11.6 Å². The fraction of sp³-hybridized carbons (Fsp3) is 0.375. The lowest BCUT2D eigenvalue weighted by Gasteiger charge is -2.17. The zero-order chi connectivity index (χ0) is 16.0. The summed E-state index contributed by atoms with van der Waals surface area (Å²) in [6.45, 7) is 1.47. The zero-order valence-corrected chi connectivity index (χ0v) is 12.3. The number of fused-ring (bicyclic) bond motifs is 3. The highest BCUT2D eigenvalue weighted by molar-refractivity contribution is 5.48. The summed E-state index contributed by atoms with van der Waals surface area (Å²) in [6.07, 6.45) is 2.18. The molecule has 2 aromatic rings. The first-order valence-corrected chi connectivity index (χ1v) is 7.57. The minimum Gasteiger partial charge on any atom is -0.472 e. The van der Waals surface area contributed by atoms with Crippen LogP contribution in [-0.2, 0) is 13.2 Å². The molecule has 23 heavy (non-hydrogen) atoms. The van der Waals surface area contributed by atoms with Crippen LogP contribution in [0.4, 0.5) is 14.6 Å². The molecule has 5 nitrogen and oxygen atoms in total. The van der Waals surface area contributed by atoms with Gasteiger partial charge < -0.3 is 9.64 Å². The summed E-state index contributed by atoms with van der Waals surface area (Å²) in [4.78, 5) is 18.2. The molecule has 1 aromatic carbocycles. The lowest BCUT2D eigenvalue weighted by molar-refractivity contribution is 0.285. The number of ether oxygens (including phenoxy) is 1. The molecule has 3 heterocycles. The second kappa shape index (κ2) is 5.33. The molecule has 0 radical (unpaired) electrons. The van der Waals surface area contributed by atoms with Crippen molar-refractivity contribution < 1.29 is 13.5 Å². The number of rotatable bonds is 3. The van der Waals surface area contributed by atoms with Crippen LogP contribution >= 0.6 is 0 Å². The summed E-state index contributed by atoms with van der Waals surface area (Å²) in [7, 11) is 0. The summed E-state index contributed by atoms with van der Waals surface area (Å²) in [6, 6.07) is 5.37. The average Bonchev–Trinajstić information content (AvgIpc) is 3.08. The quantitative estimate of drug-likeness (QED) is 0.869. The molecule has 7 heteroatoms. The minimum absolute atomic E-state index is 0.106. The van der Waals surface area contributed by atoms with Gasteiger partial charge in [-0.2, -0.15) is 4.98 Å². The predicted octanol–water partition coefficient (Wildman–Crippen LogP) is 2.08. The number of aromatic nitrogens is 2. The van der Waals surface area contributed by atoms with Crippen molar-refractivity contribution in [3.05, 3.63) is 51.9 Å². The number of hydrogen-bond donors (Lipinski definition) is 0. The third-order valence-electron chi connectivity index (χ3n) is 4.42. The fourth-order valence-corrected chi connectivity index (χ4v) is 3.29. The van der Waals surface area contributed by atoms with Crippen molar-refractivity contribution in [2.45, 2.75) is 32.0 Å². The van der Waals surface area contributed by atoms with Crippen molar-refractivity contribution in [3.63, 3.8) is 0 Å². The van der Waals surface area contributed by atoms with E-state index < -0.39 is 11.6 Å². The largest absolute Gasteiger partial charge is 0.472 e. The number of anilines is 1. The highest BCUT2D eigenvalue weighted by Gasteiger charge is 2.34. The Hall–Kier alpha value is -2.44. The van der Waals surface area contributed by atoms with Gasteiger partial charge in [0.25, 0.3) is 0 Å². The summed E-state index contributed by atoms with van der Waals surface area (Å²) < 4.78 is 33.6. The van der Waals surface area contributed by atoms with E-state index in [1.54, 1.807) is 10.6 Å². The van der Waals surface area contributed by atoms with Gasteiger partial charge in [0.15, 0.2) is 0 Å². The first-order chi connectivity index (χ1) is 11.1. The van der Waals surface area contributed by atoms with Crippen LogP contribution in [0.5, 0.6) is 5.88 Å². The highest BCUT2D eigenvalue weighted by atomic mass is 19.1. The van der Waals surface area contributed by atoms with Gasteiger partial charge >= 0.3 is 5.69 Å². The van der Waals surface area contributed by atoms with E-state index in [0.717, 1.165) is 31.3 Å². The molecule has 0 spiro atoms. The maximum absolute atomic E-state index is 13.6. The lowest BCUT2D eigenvalue weighted by atomic mass is 10.2. The first-order valence-electron chi connectivity index (χ1n) is 7.57. The second-order valence-corrected chi connectivity index (χ2v) is 5.86. The van der Waals surface area contributed by atoms with Gasteiger partial charge in [-0.1, -0.05) is 0 Å².